The highest BCUT2D eigenvalue weighted by molar-refractivity contribution is 6.30. The summed E-state index contributed by atoms with van der Waals surface area (Å²) in [6.45, 7) is 2.59. The van der Waals surface area contributed by atoms with Gasteiger partial charge in [-0.1, -0.05) is 24.9 Å². The van der Waals surface area contributed by atoms with Gasteiger partial charge in [0.15, 0.2) is 0 Å². The van der Waals surface area contributed by atoms with Crippen LogP contribution in [0.5, 0.6) is 0 Å². The van der Waals surface area contributed by atoms with Crippen molar-refractivity contribution in [1.82, 2.24) is 10.6 Å². The molecule has 0 atom stereocenters. The second-order valence-electron chi connectivity index (χ2n) is 3.57. The van der Waals surface area contributed by atoms with Gasteiger partial charge in [-0.3, -0.25) is 10.1 Å². The number of benzene rings is 1. The lowest BCUT2D eigenvalue weighted by Gasteiger charge is -2.05. The van der Waals surface area contributed by atoms with Crippen LogP contribution in [0.2, 0.25) is 5.02 Å². The van der Waals surface area contributed by atoms with Crippen LogP contribution in [-0.2, 0) is 0 Å². The molecule has 17 heavy (non-hydrogen) atoms. The molecular formula is C12H15ClN2O2. The summed E-state index contributed by atoms with van der Waals surface area (Å²) >= 11 is 5.70. The van der Waals surface area contributed by atoms with Crippen molar-refractivity contribution >= 4 is 23.5 Å². The molecule has 0 spiro atoms. The van der Waals surface area contributed by atoms with E-state index in [1.54, 1.807) is 24.3 Å². The van der Waals surface area contributed by atoms with Gasteiger partial charge in [0.2, 0.25) is 0 Å². The van der Waals surface area contributed by atoms with E-state index < -0.39 is 11.9 Å². The molecule has 0 fully saturated rings. The Morgan fingerprint density at radius 1 is 1.24 bits per heavy atom. The molecule has 0 aliphatic carbocycles. The minimum Gasteiger partial charge on any atom is -0.338 e. The average Bonchev–Trinajstić information content (AvgIpc) is 2.30. The predicted octanol–water partition coefficient (Wildman–Crippen LogP) is 2.58. The Bertz CT molecular complexity index is 390. The first kappa shape index (κ1) is 13.5. The third-order valence-corrected chi connectivity index (χ3v) is 2.40. The molecule has 2 N–H and O–H groups in total. The number of carbonyl (C=O) groups is 2. The van der Waals surface area contributed by atoms with Gasteiger partial charge in [0.25, 0.3) is 5.91 Å². The first-order valence-electron chi connectivity index (χ1n) is 5.48. The van der Waals surface area contributed by atoms with E-state index in [1.165, 1.54) is 0 Å². The highest BCUT2D eigenvalue weighted by atomic mass is 35.5. The van der Waals surface area contributed by atoms with Gasteiger partial charge in [-0.05, 0) is 30.7 Å². The number of urea groups is 1. The molecule has 0 aliphatic rings. The van der Waals surface area contributed by atoms with Gasteiger partial charge in [-0.2, -0.15) is 0 Å². The molecule has 92 valence electrons. The number of amides is 3. The smallest absolute Gasteiger partial charge is 0.321 e. The van der Waals surface area contributed by atoms with E-state index in [9.17, 15) is 9.59 Å². The fraction of sp³-hybridized carbons (Fsp3) is 0.333. The molecule has 0 saturated carbocycles. The van der Waals surface area contributed by atoms with Crippen molar-refractivity contribution in [2.24, 2.45) is 0 Å². The van der Waals surface area contributed by atoms with Gasteiger partial charge in [0, 0.05) is 17.1 Å². The van der Waals surface area contributed by atoms with Crippen molar-refractivity contribution in [2.75, 3.05) is 6.54 Å². The fourth-order valence-electron chi connectivity index (χ4n) is 1.20. The van der Waals surface area contributed by atoms with E-state index in [0.29, 0.717) is 17.1 Å². The normalized spacial score (nSPS) is 9.76. The van der Waals surface area contributed by atoms with Gasteiger partial charge < -0.3 is 5.32 Å². The lowest BCUT2D eigenvalue weighted by Crippen LogP contribution is -2.39. The molecule has 0 heterocycles. The summed E-state index contributed by atoms with van der Waals surface area (Å²) in [6, 6.07) is 5.86. The van der Waals surface area contributed by atoms with Crippen LogP contribution in [0.15, 0.2) is 24.3 Å². The maximum absolute atomic E-state index is 11.6. The van der Waals surface area contributed by atoms with Gasteiger partial charge in [-0.15, -0.1) is 0 Å². The van der Waals surface area contributed by atoms with Crippen LogP contribution in [0.25, 0.3) is 0 Å². The lowest BCUT2D eigenvalue weighted by atomic mass is 10.2. The number of nitrogens with one attached hydrogen (secondary N) is 2. The molecule has 5 heteroatoms. The van der Waals surface area contributed by atoms with Crippen molar-refractivity contribution in [3.63, 3.8) is 0 Å². The van der Waals surface area contributed by atoms with E-state index in [1.807, 2.05) is 6.92 Å². The monoisotopic (exact) mass is 254 g/mol. The molecule has 1 rings (SSSR count). The molecule has 4 nitrogen and oxygen atoms in total. The largest absolute Gasteiger partial charge is 0.338 e. The SMILES string of the molecule is CCCCNC(=O)NC(=O)c1ccc(Cl)cc1. The van der Waals surface area contributed by atoms with Crippen LogP contribution in [0, 0.1) is 0 Å². The van der Waals surface area contributed by atoms with Crippen LogP contribution in [0.4, 0.5) is 4.79 Å². The summed E-state index contributed by atoms with van der Waals surface area (Å²) in [7, 11) is 0. The van der Waals surface area contributed by atoms with Crippen molar-refractivity contribution in [3.05, 3.63) is 34.9 Å². The number of imide groups is 1. The van der Waals surface area contributed by atoms with Gasteiger partial charge in [0.05, 0.1) is 0 Å². The zero-order valence-corrected chi connectivity index (χ0v) is 10.4. The summed E-state index contributed by atoms with van der Waals surface area (Å²) in [5.41, 5.74) is 0.403. The Morgan fingerprint density at radius 3 is 2.47 bits per heavy atom. The van der Waals surface area contributed by atoms with Gasteiger partial charge in [-0.25, -0.2) is 4.79 Å². The van der Waals surface area contributed by atoms with E-state index in [0.717, 1.165) is 12.8 Å². The number of hydrogen-bond donors (Lipinski definition) is 2. The van der Waals surface area contributed by atoms with Crippen LogP contribution < -0.4 is 10.6 Å². The van der Waals surface area contributed by atoms with Gasteiger partial charge >= 0.3 is 6.03 Å². The summed E-state index contributed by atoms with van der Waals surface area (Å²) in [4.78, 5) is 22.9. The van der Waals surface area contributed by atoms with Crippen molar-refractivity contribution in [3.8, 4) is 0 Å². The van der Waals surface area contributed by atoms with E-state index in [2.05, 4.69) is 10.6 Å². The molecule has 0 saturated heterocycles. The number of hydrogen-bond acceptors (Lipinski definition) is 2. The number of carbonyl (C=O) groups excluding carboxylic acids is 2. The number of unbranched alkanes of at least 4 members (excludes halogenated alkanes) is 1. The second-order valence-corrected chi connectivity index (χ2v) is 4.01. The summed E-state index contributed by atoms with van der Waals surface area (Å²) in [5, 5.41) is 5.39. The van der Waals surface area contributed by atoms with Crippen LogP contribution in [0.1, 0.15) is 30.1 Å². The Balaban J connectivity index is 2.43. The zero-order valence-electron chi connectivity index (χ0n) is 9.63. The highest BCUT2D eigenvalue weighted by Crippen LogP contribution is 2.09. The Hall–Kier alpha value is -1.55. The molecule has 0 unspecified atom stereocenters. The summed E-state index contributed by atoms with van der Waals surface area (Å²) in [5.74, 6) is -0.435. The average molecular weight is 255 g/mol. The molecule has 3 amide bonds. The van der Waals surface area contributed by atoms with Crippen LogP contribution in [0.3, 0.4) is 0 Å². The van der Waals surface area contributed by atoms with Crippen molar-refractivity contribution in [2.45, 2.75) is 19.8 Å². The van der Waals surface area contributed by atoms with Crippen LogP contribution >= 0.6 is 11.6 Å². The standard InChI is InChI=1S/C12H15ClN2O2/c1-2-3-8-14-12(17)15-11(16)9-4-6-10(13)7-5-9/h4-7H,2-3,8H2,1H3,(H2,14,15,16,17). The Labute approximate surface area is 105 Å². The van der Waals surface area contributed by atoms with E-state index in [-0.39, 0.29) is 0 Å². The molecule has 0 aliphatic heterocycles. The Kier molecular flexibility index (Phi) is 5.49. The third-order valence-electron chi connectivity index (χ3n) is 2.15. The highest BCUT2D eigenvalue weighted by Gasteiger charge is 2.08. The lowest BCUT2D eigenvalue weighted by molar-refractivity contribution is 0.0964. The third kappa shape index (κ3) is 4.87. The molecule has 0 bridgehead atoms. The topological polar surface area (TPSA) is 58.2 Å². The van der Waals surface area contributed by atoms with Crippen molar-refractivity contribution in [1.29, 1.82) is 0 Å². The molecule has 1 aromatic rings. The Morgan fingerprint density at radius 2 is 1.88 bits per heavy atom. The minimum absolute atomic E-state index is 0.403. The first-order chi connectivity index (χ1) is 8.13. The molecule has 1 aromatic carbocycles. The van der Waals surface area contributed by atoms with Crippen molar-refractivity contribution < 1.29 is 9.59 Å². The molecule has 0 radical (unpaired) electrons. The first-order valence-corrected chi connectivity index (χ1v) is 5.86. The molecule has 0 aromatic heterocycles. The quantitative estimate of drug-likeness (QED) is 0.812. The molecular weight excluding hydrogens is 240 g/mol. The summed E-state index contributed by atoms with van der Waals surface area (Å²) in [6.07, 6.45) is 1.88. The maximum Gasteiger partial charge on any atom is 0.321 e. The summed E-state index contributed by atoms with van der Waals surface area (Å²) < 4.78 is 0. The van der Waals surface area contributed by atoms with Gasteiger partial charge in [0.1, 0.15) is 0 Å². The van der Waals surface area contributed by atoms with Crippen LogP contribution in [-0.4, -0.2) is 18.5 Å². The number of rotatable bonds is 4. The predicted molar refractivity (Wildman–Crippen MR) is 67.2 cm³/mol. The van der Waals surface area contributed by atoms with E-state index >= 15 is 0 Å². The minimum atomic E-state index is -0.474. The fourth-order valence-corrected chi connectivity index (χ4v) is 1.33. The van der Waals surface area contributed by atoms with E-state index in [4.69, 9.17) is 11.6 Å². The zero-order chi connectivity index (χ0) is 12.7. The maximum atomic E-state index is 11.6. The number of halogens is 1. The second kappa shape index (κ2) is 6.91.